The van der Waals surface area contributed by atoms with Crippen LogP contribution in [-0.2, 0) is 4.79 Å². The van der Waals surface area contributed by atoms with Gasteiger partial charge < -0.3 is 10.8 Å². The molecular formula is C20H41NO2. The fourth-order valence-electron chi connectivity index (χ4n) is 3.07. The van der Waals surface area contributed by atoms with Gasteiger partial charge in [0.1, 0.15) is 0 Å². The standard InChI is InChI=1S/C20H41NO2/c21-19-17-15-13-11-9-7-5-3-1-2-4-6-8-10-12-14-16-18-20(22)23/h1-19,21H2,(H,22,23). The Morgan fingerprint density at radius 1 is 0.522 bits per heavy atom. The van der Waals surface area contributed by atoms with E-state index in [-0.39, 0.29) is 0 Å². The number of hydrogen-bond donors (Lipinski definition) is 2. The zero-order chi connectivity index (χ0) is 17.0. The van der Waals surface area contributed by atoms with Crippen molar-refractivity contribution in [1.82, 2.24) is 0 Å². The summed E-state index contributed by atoms with van der Waals surface area (Å²) in [5.41, 5.74) is 5.49. The third-order valence-electron chi connectivity index (χ3n) is 4.59. The van der Waals surface area contributed by atoms with Crippen molar-refractivity contribution >= 4 is 5.97 Å². The predicted molar refractivity (Wildman–Crippen MR) is 99.8 cm³/mol. The van der Waals surface area contributed by atoms with Crippen molar-refractivity contribution in [1.29, 1.82) is 0 Å². The first-order valence-corrected chi connectivity index (χ1v) is 10.2. The van der Waals surface area contributed by atoms with E-state index in [1.165, 1.54) is 96.3 Å². The lowest BCUT2D eigenvalue weighted by Crippen LogP contribution is -1.97. The minimum Gasteiger partial charge on any atom is -0.481 e. The highest BCUT2D eigenvalue weighted by molar-refractivity contribution is 5.66. The lowest BCUT2D eigenvalue weighted by molar-refractivity contribution is -0.137. The van der Waals surface area contributed by atoms with Crippen molar-refractivity contribution in [2.75, 3.05) is 6.54 Å². The smallest absolute Gasteiger partial charge is 0.303 e. The Hall–Kier alpha value is -0.570. The van der Waals surface area contributed by atoms with Crippen LogP contribution in [0.2, 0.25) is 0 Å². The van der Waals surface area contributed by atoms with E-state index in [4.69, 9.17) is 10.8 Å². The third kappa shape index (κ3) is 21.4. The lowest BCUT2D eigenvalue weighted by atomic mass is 10.0. The SMILES string of the molecule is NCCCCCCCCCCCCCCCCCCCC(=O)O. The molecule has 138 valence electrons. The van der Waals surface area contributed by atoms with Crippen LogP contribution in [-0.4, -0.2) is 17.6 Å². The molecule has 0 rings (SSSR count). The van der Waals surface area contributed by atoms with Gasteiger partial charge >= 0.3 is 5.97 Å². The average Bonchev–Trinajstić information content (AvgIpc) is 2.53. The Bertz CT molecular complexity index is 244. The molecule has 0 atom stereocenters. The summed E-state index contributed by atoms with van der Waals surface area (Å²) in [5, 5.41) is 8.54. The molecular weight excluding hydrogens is 286 g/mol. The number of unbranched alkanes of at least 4 members (excludes halogenated alkanes) is 16. The maximum Gasteiger partial charge on any atom is 0.303 e. The van der Waals surface area contributed by atoms with Gasteiger partial charge in [0.2, 0.25) is 0 Å². The van der Waals surface area contributed by atoms with Crippen LogP contribution >= 0.6 is 0 Å². The first kappa shape index (κ1) is 22.4. The molecule has 0 saturated carbocycles. The third-order valence-corrected chi connectivity index (χ3v) is 4.59. The van der Waals surface area contributed by atoms with Crippen LogP contribution < -0.4 is 5.73 Å². The summed E-state index contributed by atoms with van der Waals surface area (Å²) in [6.45, 7) is 0.852. The fraction of sp³-hybridized carbons (Fsp3) is 0.950. The number of aliphatic carboxylic acids is 1. The molecule has 0 aromatic carbocycles. The van der Waals surface area contributed by atoms with Crippen LogP contribution in [0.3, 0.4) is 0 Å². The van der Waals surface area contributed by atoms with Gasteiger partial charge in [0.15, 0.2) is 0 Å². The summed E-state index contributed by atoms with van der Waals surface area (Å²) < 4.78 is 0. The molecule has 0 fully saturated rings. The maximum atomic E-state index is 10.4. The number of carboxylic acids is 1. The van der Waals surface area contributed by atoms with Gasteiger partial charge in [-0.05, 0) is 19.4 Å². The second kappa shape index (κ2) is 19.5. The molecule has 3 heteroatoms. The number of carboxylic acid groups (broad SMARTS) is 1. The minimum atomic E-state index is -0.656. The van der Waals surface area contributed by atoms with Crippen molar-refractivity contribution in [3.8, 4) is 0 Å². The Morgan fingerprint density at radius 3 is 1.04 bits per heavy atom. The fourth-order valence-corrected chi connectivity index (χ4v) is 3.07. The van der Waals surface area contributed by atoms with Gasteiger partial charge in [0.25, 0.3) is 0 Å². The topological polar surface area (TPSA) is 63.3 Å². The van der Waals surface area contributed by atoms with E-state index >= 15 is 0 Å². The Morgan fingerprint density at radius 2 is 0.783 bits per heavy atom. The number of nitrogens with two attached hydrogens (primary N) is 1. The van der Waals surface area contributed by atoms with E-state index in [1.54, 1.807) is 0 Å². The monoisotopic (exact) mass is 327 g/mol. The lowest BCUT2D eigenvalue weighted by Gasteiger charge is -2.03. The molecule has 0 heterocycles. The quantitative estimate of drug-likeness (QED) is 0.284. The van der Waals surface area contributed by atoms with Gasteiger partial charge in [-0.15, -0.1) is 0 Å². The molecule has 23 heavy (non-hydrogen) atoms. The van der Waals surface area contributed by atoms with Crippen molar-refractivity contribution in [3.63, 3.8) is 0 Å². The van der Waals surface area contributed by atoms with Gasteiger partial charge in [-0.2, -0.15) is 0 Å². The minimum absolute atomic E-state index is 0.341. The maximum absolute atomic E-state index is 10.4. The molecule has 0 aliphatic carbocycles. The van der Waals surface area contributed by atoms with Crippen LogP contribution in [0, 0.1) is 0 Å². The van der Waals surface area contributed by atoms with E-state index in [0.29, 0.717) is 6.42 Å². The normalized spacial score (nSPS) is 11.0. The summed E-state index contributed by atoms with van der Waals surface area (Å²) in [5.74, 6) is -0.656. The van der Waals surface area contributed by atoms with E-state index < -0.39 is 5.97 Å². The molecule has 3 N–H and O–H groups in total. The predicted octanol–water partition coefficient (Wildman–Crippen LogP) is 6.05. The summed E-state index contributed by atoms with van der Waals surface area (Å²) in [4.78, 5) is 10.4. The Labute approximate surface area is 144 Å². The van der Waals surface area contributed by atoms with Gasteiger partial charge in [-0.1, -0.05) is 96.3 Å². The summed E-state index contributed by atoms with van der Waals surface area (Å²) >= 11 is 0. The first-order chi connectivity index (χ1) is 11.3. The van der Waals surface area contributed by atoms with Gasteiger partial charge in [-0.3, -0.25) is 4.79 Å². The second-order valence-corrected chi connectivity index (χ2v) is 6.94. The average molecular weight is 328 g/mol. The summed E-state index contributed by atoms with van der Waals surface area (Å²) in [6.07, 6.45) is 22.6. The van der Waals surface area contributed by atoms with Crippen LogP contribution in [0.1, 0.15) is 116 Å². The van der Waals surface area contributed by atoms with E-state index in [1.807, 2.05) is 0 Å². The molecule has 0 amide bonds. The van der Waals surface area contributed by atoms with E-state index in [0.717, 1.165) is 19.4 Å². The van der Waals surface area contributed by atoms with E-state index in [9.17, 15) is 4.79 Å². The molecule has 0 radical (unpaired) electrons. The van der Waals surface area contributed by atoms with Crippen molar-refractivity contribution in [3.05, 3.63) is 0 Å². The molecule has 0 spiro atoms. The summed E-state index contributed by atoms with van der Waals surface area (Å²) in [7, 11) is 0. The highest BCUT2D eigenvalue weighted by Gasteiger charge is 1.97. The summed E-state index contributed by atoms with van der Waals surface area (Å²) in [6, 6.07) is 0. The molecule has 0 aliphatic rings. The first-order valence-electron chi connectivity index (χ1n) is 10.2. The molecule has 3 nitrogen and oxygen atoms in total. The second-order valence-electron chi connectivity index (χ2n) is 6.94. The molecule has 0 aliphatic heterocycles. The van der Waals surface area contributed by atoms with Gasteiger partial charge in [-0.25, -0.2) is 0 Å². The van der Waals surface area contributed by atoms with Crippen molar-refractivity contribution in [2.45, 2.75) is 116 Å². The molecule has 0 aromatic rings. The van der Waals surface area contributed by atoms with Crippen LogP contribution in [0.4, 0.5) is 0 Å². The molecule has 0 bridgehead atoms. The zero-order valence-corrected chi connectivity index (χ0v) is 15.4. The van der Waals surface area contributed by atoms with Crippen molar-refractivity contribution < 1.29 is 9.90 Å². The van der Waals surface area contributed by atoms with Crippen LogP contribution in [0.25, 0.3) is 0 Å². The number of rotatable bonds is 19. The molecule has 0 aromatic heterocycles. The Kier molecular flexibility index (Phi) is 19.0. The highest BCUT2D eigenvalue weighted by atomic mass is 16.4. The molecule has 0 unspecified atom stereocenters. The zero-order valence-electron chi connectivity index (χ0n) is 15.4. The van der Waals surface area contributed by atoms with Crippen LogP contribution in [0.5, 0.6) is 0 Å². The number of hydrogen-bond acceptors (Lipinski definition) is 2. The van der Waals surface area contributed by atoms with Gasteiger partial charge in [0, 0.05) is 6.42 Å². The molecule has 0 saturated heterocycles. The Balaban J connectivity index is 2.96. The van der Waals surface area contributed by atoms with Crippen molar-refractivity contribution in [2.24, 2.45) is 5.73 Å². The van der Waals surface area contributed by atoms with Gasteiger partial charge in [0.05, 0.1) is 0 Å². The highest BCUT2D eigenvalue weighted by Crippen LogP contribution is 2.14. The number of carbonyl (C=O) groups is 1. The van der Waals surface area contributed by atoms with Crippen LogP contribution in [0.15, 0.2) is 0 Å². The van der Waals surface area contributed by atoms with E-state index in [2.05, 4.69) is 0 Å². The largest absolute Gasteiger partial charge is 0.481 e.